The van der Waals surface area contributed by atoms with Gasteiger partial charge in [-0.05, 0) is 104 Å². The van der Waals surface area contributed by atoms with Crippen LogP contribution in [0.1, 0.15) is 106 Å². The van der Waals surface area contributed by atoms with E-state index < -0.39 is 0 Å². The highest BCUT2D eigenvalue weighted by Gasteiger charge is 2.61. The van der Waals surface area contributed by atoms with Gasteiger partial charge in [0.25, 0.3) is 0 Å². The quantitative estimate of drug-likeness (QED) is 0.409. The fraction of sp³-hybridized carbons (Fsp3) is 0.933. The van der Waals surface area contributed by atoms with E-state index in [9.17, 15) is 5.11 Å². The van der Waals surface area contributed by atoms with Crippen LogP contribution in [0, 0.1) is 52.3 Å². The van der Waals surface area contributed by atoms with Crippen molar-refractivity contribution in [3.8, 4) is 0 Å². The molecular formula is C30H52O2. The Balaban J connectivity index is 1.54. The van der Waals surface area contributed by atoms with Crippen molar-refractivity contribution in [3.05, 3.63) is 11.6 Å². The van der Waals surface area contributed by atoms with Gasteiger partial charge < -0.3 is 9.84 Å². The van der Waals surface area contributed by atoms with Crippen molar-refractivity contribution in [3.63, 3.8) is 0 Å². The lowest BCUT2D eigenvalue weighted by atomic mass is 9.46. The zero-order chi connectivity index (χ0) is 23.3. The molecule has 2 nitrogen and oxygen atoms in total. The molecule has 32 heavy (non-hydrogen) atoms. The first-order valence-electron chi connectivity index (χ1n) is 14.1. The minimum Gasteiger partial charge on any atom is -0.393 e. The van der Waals surface area contributed by atoms with Crippen molar-refractivity contribution in [2.24, 2.45) is 52.3 Å². The lowest BCUT2D eigenvalue weighted by molar-refractivity contribution is -0.106. The minimum atomic E-state index is -0.147. The highest BCUT2D eigenvalue weighted by atomic mass is 16.5. The Morgan fingerprint density at radius 1 is 1.03 bits per heavy atom. The molecule has 0 bridgehead atoms. The fourth-order valence-corrected chi connectivity index (χ4v) is 9.49. The van der Waals surface area contributed by atoms with Gasteiger partial charge in [-0.15, -0.1) is 0 Å². The number of fused-ring (bicyclic) bond motifs is 5. The minimum absolute atomic E-state index is 0.147. The molecule has 1 N–H and O–H groups in total. The first-order chi connectivity index (χ1) is 15.2. The molecule has 4 rings (SSSR count). The van der Waals surface area contributed by atoms with Crippen LogP contribution in [0.15, 0.2) is 11.6 Å². The molecule has 3 fully saturated rings. The summed E-state index contributed by atoms with van der Waals surface area (Å²) in [7, 11) is 1.93. The van der Waals surface area contributed by atoms with E-state index in [1.165, 1.54) is 50.5 Å². The average molecular weight is 445 g/mol. The van der Waals surface area contributed by atoms with Crippen LogP contribution in [0.3, 0.4) is 0 Å². The van der Waals surface area contributed by atoms with Gasteiger partial charge in [-0.2, -0.15) is 0 Å². The third kappa shape index (κ3) is 4.04. The van der Waals surface area contributed by atoms with E-state index in [4.69, 9.17) is 4.74 Å². The van der Waals surface area contributed by atoms with Crippen LogP contribution in [-0.4, -0.2) is 24.4 Å². The van der Waals surface area contributed by atoms with Gasteiger partial charge in [0.15, 0.2) is 0 Å². The van der Waals surface area contributed by atoms with E-state index in [1.807, 2.05) is 7.11 Å². The third-order valence-electron chi connectivity index (χ3n) is 11.6. The van der Waals surface area contributed by atoms with Crippen LogP contribution >= 0.6 is 0 Å². The van der Waals surface area contributed by atoms with Gasteiger partial charge in [0.1, 0.15) is 0 Å². The Kier molecular flexibility index (Phi) is 7.25. The molecule has 0 aliphatic heterocycles. The molecule has 0 aromatic carbocycles. The largest absolute Gasteiger partial charge is 0.393 e. The van der Waals surface area contributed by atoms with Crippen molar-refractivity contribution in [2.75, 3.05) is 7.11 Å². The molecule has 0 saturated heterocycles. The van der Waals surface area contributed by atoms with Gasteiger partial charge in [0, 0.05) is 7.11 Å². The Labute approximate surface area is 199 Å². The van der Waals surface area contributed by atoms with E-state index in [1.54, 1.807) is 0 Å². The molecule has 2 heteroatoms. The summed E-state index contributed by atoms with van der Waals surface area (Å²) >= 11 is 0. The highest BCUT2D eigenvalue weighted by Crippen LogP contribution is 2.67. The number of aliphatic hydroxyl groups excluding tert-OH is 1. The topological polar surface area (TPSA) is 29.5 Å². The lowest BCUT2D eigenvalue weighted by Gasteiger charge is -2.60. The van der Waals surface area contributed by atoms with Crippen molar-refractivity contribution in [2.45, 2.75) is 118 Å². The summed E-state index contributed by atoms with van der Waals surface area (Å²) < 4.78 is 6.20. The number of methoxy groups -OCH3 is 1. The molecule has 184 valence electrons. The predicted octanol–water partition coefficient (Wildman–Crippen LogP) is 7.65. The predicted molar refractivity (Wildman–Crippen MR) is 134 cm³/mol. The van der Waals surface area contributed by atoms with E-state index in [0.29, 0.717) is 11.3 Å². The molecule has 0 radical (unpaired) electrons. The van der Waals surface area contributed by atoms with Crippen LogP contribution in [0.5, 0.6) is 0 Å². The first kappa shape index (κ1) is 24.8. The van der Waals surface area contributed by atoms with Crippen LogP contribution < -0.4 is 0 Å². The summed E-state index contributed by atoms with van der Waals surface area (Å²) in [4.78, 5) is 0. The Hall–Kier alpha value is -0.340. The van der Waals surface area contributed by atoms with E-state index >= 15 is 0 Å². The molecule has 0 heterocycles. The van der Waals surface area contributed by atoms with Gasteiger partial charge >= 0.3 is 0 Å². The van der Waals surface area contributed by atoms with Crippen molar-refractivity contribution in [1.82, 2.24) is 0 Å². The summed E-state index contributed by atoms with van der Waals surface area (Å²) in [6.45, 7) is 15.0. The summed E-state index contributed by atoms with van der Waals surface area (Å²) in [5.41, 5.74) is 2.28. The Bertz CT molecular complexity index is 682. The summed E-state index contributed by atoms with van der Waals surface area (Å²) in [5.74, 6) is 5.62. The number of aliphatic hydroxyl groups is 1. The maximum atomic E-state index is 10.4. The standard InChI is InChI=1S/C30H52O2/c1-8-21(19(2)3)10-9-20(4)24-11-12-25-28-26(14-16-30(24,25)6)29(5)15-13-23(31)17-22(29)18-27(28)32-7/h18-21,23-28,31H,8-17H2,1-7H3/t20-,21-,23+,24-,25+,26+,27+,28?,29+,30-/m1/s1. The molecule has 0 amide bonds. The highest BCUT2D eigenvalue weighted by molar-refractivity contribution is 5.28. The number of hydrogen-bond acceptors (Lipinski definition) is 2. The maximum Gasteiger partial charge on any atom is 0.0788 e. The van der Waals surface area contributed by atoms with Gasteiger partial charge in [-0.3, -0.25) is 0 Å². The van der Waals surface area contributed by atoms with Gasteiger partial charge in [0.05, 0.1) is 12.2 Å². The van der Waals surface area contributed by atoms with E-state index in [0.717, 1.165) is 54.8 Å². The molecule has 4 aliphatic rings. The Morgan fingerprint density at radius 2 is 1.78 bits per heavy atom. The van der Waals surface area contributed by atoms with Crippen LogP contribution in [-0.2, 0) is 4.74 Å². The Morgan fingerprint density at radius 3 is 2.44 bits per heavy atom. The second kappa shape index (κ2) is 9.37. The van der Waals surface area contributed by atoms with Crippen LogP contribution in [0.4, 0.5) is 0 Å². The fourth-order valence-electron chi connectivity index (χ4n) is 9.49. The van der Waals surface area contributed by atoms with Gasteiger partial charge in [-0.1, -0.05) is 66.0 Å². The van der Waals surface area contributed by atoms with Crippen molar-refractivity contribution in [1.29, 1.82) is 0 Å². The molecular weight excluding hydrogens is 392 g/mol. The number of ether oxygens (including phenoxy) is 1. The summed E-state index contributed by atoms with van der Waals surface area (Å²) in [6.07, 6.45) is 15.3. The second-order valence-electron chi connectivity index (χ2n) is 13.2. The molecule has 3 saturated carbocycles. The normalized spacial score (nSPS) is 45.6. The zero-order valence-electron chi connectivity index (χ0n) is 22.2. The van der Waals surface area contributed by atoms with Crippen LogP contribution in [0.25, 0.3) is 0 Å². The molecule has 0 aromatic rings. The third-order valence-corrected chi connectivity index (χ3v) is 11.6. The van der Waals surface area contributed by atoms with Crippen molar-refractivity contribution >= 4 is 0 Å². The second-order valence-corrected chi connectivity index (χ2v) is 13.2. The molecule has 4 aliphatic carbocycles. The van der Waals surface area contributed by atoms with Crippen LogP contribution in [0.2, 0.25) is 0 Å². The SMILES string of the molecule is CC[C@H](CC[C@@H](C)[C@H]1CC[C@H]2C3[C@@H](OC)C=C4C[C@@H](O)CC[C@]4(C)[C@H]3CC[C@]12C)C(C)C. The molecule has 10 atom stereocenters. The van der Waals surface area contributed by atoms with E-state index in [-0.39, 0.29) is 17.6 Å². The van der Waals surface area contributed by atoms with Gasteiger partial charge in [0.2, 0.25) is 0 Å². The zero-order valence-corrected chi connectivity index (χ0v) is 22.2. The molecule has 0 spiro atoms. The maximum absolute atomic E-state index is 10.4. The number of hydrogen-bond donors (Lipinski definition) is 1. The lowest BCUT2D eigenvalue weighted by Crippen LogP contribution is -2.55. The van der Waals surface area contributed by atoms with E-state index in [2.05, 4.69) is 47.6 Å². The molecule has 1 unspecified atom stereocenters. The first-order valence-corrected chi connectivity index (χ1v) is 14.1. The summed E-state index contributed by atoms with van der Waals surface area (Å²) in [6, 6.07) is 0. The monoisotopic (exact) mass is 444 g/mol. The average Bonchev–Trinajstić information content (AvgIpc) is 3.11. The van der Waals surface area contributed by atoms with Gasteiger partial charge in [-0.25, -0.2) is 0 Å². The van der Waals surface area contributed by atoms with Crippen molar-refractivity contribution < 1.29 is 9.84 Å². The molecule has 0 aromatic heterocycles. The summed E-state index contributed by atoms with van der Waals surface area (Å²) in [5, 5.41) is 10.4. The smallest absolute Gasteiger partial charge is 0.0788 e. The number of rotatable bonds is 7.